The summed E-state index contributed by atoms with van der Waals surface area (Å²) >= 11 is 0. The monoisotopic (exact) mass is 287 g/mol. The van der Waals surface area contributed by atoms with E-state index in [2.05, 4.69) is 61.3 Å². The molecule has 0 saturated heterocycles. The van der Waals surface area contributed by atoms with E-state index >= 15 is 0 Å². The zero-order chi connectivity index (χ0) is 15.1. The van der Waals surface area contributed by atoms with Crippen molar-refractivity contribution in [2.24, 2.45) is 0 Å². The SMILES string of the molecule is CC(C)c1nccc2c1oc1c(-c3ccccc3)cccc12. The van der Waals surface area contributed by atoms with Crippen LogP contribution in [0.2, 0.25) is 0 Å². The summed E-state index contributed by atoms with van der Waals surface area (Å²) in [6, 6.07) is 18.7. The molecule has 0 fully saturated rings. The first kappa shape index (κ1) is 13.1. The first-order valence-corrected chi connectivity index (χ1v) is 7.61. The molecule has 2 nitrogen and oxygen atoms in total. The highest BCUT2D eigenvalue weighted by molar-refractivity contribution is 6.10. The molecule has 0 spiro atoms. The van der Waals surface area contributed by atoms with Gasteiger partial charge in [-0.3, -0.25) is 4.98 Å². The fourth-order valence-corrected chi connectivity index (χ4v) is 3.00. The molecule has 2 aromatic heterocycles. The van der Waals surface area contributed by atoms with Gasteiger partial charge in [0.15, 0.2) is 5.58 Å². The Hall–Kier alpha value is -2.61. The second-order valence-corrected chi connectivity index (χ2v) is 5.88. The van der Waals surface area contributed by atoms with Gasteiger partial charge in [-0.25, -0.2) is 0 Å². The second-order valence-electron chi connectivity index (χ2n) is 5.88. The third kappa shape index (κ3) is 1.92. The predicted octanol–water partition coefficient (Wildman–Crippen LogP) is 5.77. The van der Waals surface area contributed by atoms with Crippen LogP contribution >= 0.6 is 0 Å². The summed E-state index contributed by atoms with van der Waals surface area (Å²) in [6.45, 7) is 4.29. The molecule has 0 saturated carbocycles. The van der Waals surface area contributed by atoms with Crippen LogP contribution in [0.1, 0.15) is 25.5 Å². The minimum atomic E-state index is 0.337. The van der Waals surface area contributed by atoms with Crippen LogP contribution in [0.25, 0.3) is 33.1 Å². The standard InChI is InChI=1S/C20H17NO/c1-13(2)18-20-17(11-12-21-18)16-10-6-9-15(19(16)22-20)14-7-4-3-5-8-14/h3-13H,1-2H3. The molecule has 0 aliphatic heterocycles. The molecule has 4 aromatic rings. The molecule has 4 rings (SSSR count). The van der Waals surface area contributed by atoms with Crippen LogP contribution in [0.3, 0.4) is 0 Å². The second kappa shape index (κ2) is 4.99. The van der Waals surface area contributed by atoms with Gasteiger partial charge in [0.1, 0.15) is 5.58 Å². The highest BCUT2D eigenvalue weighted by atomic mass is 16.3. The molecule has 0 bridgehead atoms. The zero-order valence-electron chi connectivity index (χ0n) is 12.7. The van der Waals surface area contributed by atoms with Crippen LogP contribution in [0.4, 0.5) is 0 Å². The quantitative estimate of drug-likeness (QED) is 0.467. The van der Waals surface area contributed by atoms with Gasteiger partial charge in [-0.2, -0.15) is 0 Å². The first-order chi connectivity index (χ1) is 10.8. The van der Waals surface area contributed by atoms with Gasteiger partial charge < -0.3 is 4.42 Å². The molecule has 108 valence electrons. The largest absolute Gasteiger partial charge is 0.453 e. The highest BCUT2D eigenvalue weighted by Crippen LogP contribution is 2.37. The fraction of sp³-hybridized carbons (Fsp3) is 0.150. The minimum Gasteiger partial charge on any atom is -0.453 e. The Balaban J connectivity index is 2.10. The van der Waals surface area contributed by atoms with E-state index in [1.165, 1.54) is 5.56 Å². The van der Waals surface area contributed by atoms with Gasteiger partial charge in [0, 0.05) is 22.5 Å². The van der Waals surface area contributed by atoms with Gasteiger partial charge in [-0.05, 0) is 17.5 Å². The van der Waals surface area contributed by atoms with Crippen LogP contribution in [0.5, 0.6) is 0 Å². The van der Waals surface area contributed by atoms with Crippen molar-refractivity contribution in [2.75, 3.05) is 0 Å². The Kier molecular flexibility index (Phi) is 2.97. The summed E-state index contributed by atoms with van der Waals surface area (Å²) in [7, 11) is 0. The lowest BCUT2D eigenvalue weighted by Crippen LogP contribution is -1.91. The molecule has 2 heteroatoms. The van der Waals surface area contributed by atoms with Gasteiger partial charge in [0.2, 0.25) is 0 Å². The van der Waals surface area contributed by atoms with E-state index < -0.39 is 0 Å². The number of benzene rings is 2. The third-order valence-electron chi connectivity index (χ3n) is 4.07. The number of pyridine rings is 1. The minimum absolute atomic E-state index is 0.337. The summed E-state index contributed by atoms with van der Waals surface area (Å²) in [5.74, 6) is 0.337. The van der Waals surface area contributed by atoms with Gasteiger partial charge in [0.05, 0.1) is 5.69 Å². The van der Waals surface area contributed by atoms with Gasteiger partial charge in [-0.1, -0.05) is 62.4 Å². The maximum absolute atomic E-state index is 6.27. The number of aromatic nitrogens is 1. The van der Waals surface area contributed by atoms with Crippen molar-refractivity contribution in [3.63, 3.8) is 0 Å². The number of hydrogen-bond acceptors (Lipinski definition) is 2. The summed E-state index contributed by atoms with van der Waals surface area (Å²) in [4.78, 5) is 4.51. The molecular formula is C20H17NO. The van der Waals surface area contributed by atoms with Gasteiger partial charge >= 0.3 is 0 Å². The molecule has 0 aliphatic rings. The molecule has 0 atom stereocenters. The van der Waals surface area contributed by atoms with Crippen molar-refractivity contribution in [3.05, 3.63) is 66.5 Å². The molecular weight excluding hydrogens is 270 g/mol. The predicted molar refractivity (Wildman–Crippen MR) is 91.0 cm³/mol. The normalized spacial score (nSPS) is 11.6. The average Bonchev–Trinajstić information content (AvgIpc) is 2.94. The van der Waals surface area contributed by atoms with Crippen LogP contribution in [0, 0.1) is 0 Å². The number of furan rings is 1. The smallest absolute Gasteiger partial charge is 0.157 e. The third-order valence-corrected chi connectivity index (χ3v) is 4.07. The first-order valence-electron chi connectivity index (χ1n) is 7.61. The van der Waals surface area contributed by atoms with E-state index in [0.717, 1.165) is 33.2 Å². The highest BCUT2D eigenvalue weighted by Gasteiger charge is 2.16. The van der Waals surface area contributed by atoms with Gasteiger partial charge in [-0.15, -0.1) is 0 Å². The molecule has 2 heterocycles. The van der Waals surface area contributed by atoms with Crippen LogP contribution < -0.4 is 0 Å². The maximum atomic E-state index is 6.27. The number of hydrogen-bond donors (Lipinski definition) is 0. The Labute approximate surface area is 129 Å². The summed E-state index contributed by atoms with van der Waals surface area (Å²) in [6.07, 6.45) is 1.88. The molecule has 2 aromatic carbocycles. The number of para-hydroxylation sites is 1. The molecule has 0 N–H and O–H groups in total. The summed E-state index contributed by atoms with van der Waals surface area (Å²) in [5.41, 5.74) is 5.18. The average molecular weight is 287 g/mol. The topological polar surface area (TPSA) is 26.0 Å². The van der Waals surface area contributed by atoms with Crippen molar-refractivity contribution in [1.82, 2.24) is 4.98 Å². The summed E-state index contributed by atoms with van der Waals surface area (Å²) in [5, 5.41) is 2.30. The van der Waals surface area contributed by atoms with Crippen molar-refractivity contribution in [2.45, 2.75) is 19.8 Å². The molecule has 0 unspecified atom stereocenters. The number of nitrogens with zero attached hydrogens (tertiary/aromatic N) is 1. The lowest BCUT2D eigenvalue weighted by Gasteiger charge is -2.03. The molecule has 0 radical (unpaired) electrons. The lowest BCUT2D eigenvalue weighted by atomic mass is 10.0. The van der Waals surface area contributed by atoms with Crippen molar-refractivity contribution >= 4 is 21.9 Å². The van der Waals surface area contributed by atoms with Crippen molar-refractivity contribution in [3.8, 4) is 11.1 Å². The van der Waals surface area contributed by atoms with E-state index in [4.69, 9.17) is 4.42 Å². The Bertz CT molecular complexity index is 951. The van der Waals surface area contributed by atoms with E-state index in [0.29, 0.717) is 5.92 Å². The molecule has 0 amide bonds. The van der Waals surface area contributed by atoms with Crippen molar-refractivity contribution in [1.29, 1.82) is 0 Å². The Morgan fingerprint density at radius 1 is 0.818 bits per heavy atom. The lowest BCUT2D eigenvalue weighted by molar-refractivity contribution is 0.651. The fourth-order valence-electron chi connectivity index (χ4n) is 3.00. The number of fused-ring (bicyclic) bond motifs is 3. The molecule has 0 aliphatic carbocycles. The molecule has 22 heavy (non-hydrogen) atoms. The summed E-state index contributed by atoms with van der Waals surface area (Å²) < 4.78 is 6.27. The van der Waals surface area contributed by atoms with E-state index in [-0.39, 0.29) is 0 Å². The van der Waals surface area contributed by atoms with E-state index in [1.807, 2.05) is 18.3 Å². The number of rotatable bonds is 2. The van der Waals surface area contributed by atoms with E-state index in [1.54, 1.807) is 0 Å². The Morgan fingerprint density at radius 2 is 1.59 bits per heavy atom. The zero-order valence-corrected chi connectivity index (χ0v) is 12.7. The van der Waals surface area contributed by atoms with Crippen molar-refractivity contribution < 1.29 is 4.42 Å². The van der Waals surface area contributed by atoms with Crippen LogP contribution in [-0.2, 0) is 0 Å². The Morgan fingerprint density at radius 3 is 2.36 bits per heavy atom. The van der Waals surface area contributed by atoms with Gasteiger partial charge in [0.25, 0.3) is 0 Å². The maximum Gasteiger partial charge on any atom is 0.157 e. The van der Waals surface area contributed by atoms with E-state index in [9.17, 15) is 0 Å². The van der Waals surface area contributed by atoms with Crippen LogP contribution in [0.15, 0.2) is 65.2 Å². The van der Waals surface area contributed by atoms with Crippen LogP contribution in [-0.4, -0.2) is 4.98 Å².